The van der Waals surface area contributed by atoms with E-state index in [-0.39, 0.29) is 5.22 Å². The summed E-state index contributed by atoms with van der Waals surface area (Å²) in [6.07, 6.45) is 1.95. The molecule has 2 rings (SSSR count). The number of carboxylic acids is 1. The number of aromatic nitrogens is 1. The van der Waals surface area contributed by atoms with Crippen LogP contribution in [0.15, 0.2) is 33.9 Å². The summed E-state index contributed by atoms with van der Waals surface area (Å²) in [6.45, 7) is 4.36. The highest BCUT2D eigenvalue weighted by molar-refractivity contribution is 7.94. The molecule has 0 aliphatic rings. The fourth-order valence-corrected chi connectivity index (χ4v) is 1.60. The van der Waals surface area contributed by atoms with Crippen LogP contribution in [-0.2, 0) is 13.8 Å². The monoisotopic (exact) mass is 311 g/mol. The van der Waals surface area contributed by atoms with Crippen LogP contribution < -0.4 is 0 Å². The molecule has 2 aromatic rings. The van der Waals surface area contributed by atoms with Crippen molar-refractivity contribution in [3.63, 3.8) is 0 Å². The third-order valence-electron chi connectivity index (χ3n) is 2.28. The van der Waals surface area contributed by atoms with E-state index in [1.165, 1.54) is 12.8 Å². The van der Waals surface area contributed by atoms with Crippen molar-refractivity contribution in [2.75, 3.05) is 0 Å². The number of aliphatic carboxylic acids is 1. The Morgan fingerprint density at radius 1 is 1.29 bits per heavy atom. The highest BCUT2D eigenvalue weighted by atomic mass is 32.2. The molecule has 114 valence electrons. The predicted octanol–water partition coefficient (Wildman–Crippen LogP) is 3.66. The summed E-state index contributed by atoms with van der Waals surface area (Å²) in [5.74, 6) is -2.10. The number of nitrogens with zero attached hydrogens (tertiary/aromatic N) is 1. The molecule has 0 fully saturated rings. The molecule has 0 aliphatic heterocycles. The fraction of sp³-hybridized carbons (Fsp3) is 0.357. The number of oxazole rings is 1. The minimum atomic E-state index is -1.24. The number of carboxylic acid groups (broad SMARTS) is 1. The van der Waals surface area contributed by atoms with Crippen LogP contribution in [0.4, 0.5) is 0 Å². The molecule has 0 bridgehead atoms. The number of hydrogen-bond donors (Lipinski definition) is 1. The van der Waals surface area contributed by atoms with E-state index in [2.05, 4.69) is 23.0 Å². The van der Waals surface area contributed by atoms with E-state index >= 15 is 0 Å². The number of hydrogen-bond acceptors (Lipinski definition) is 6. The zero-order chi connectivity index (χ0) is 15.7. The molecule has 1 aromatic heterocycles. The van der Waals surface area contributed by atoms with Crippen LogP contribution in [-0.4, -0.2) is 22.0 Å². The van der Waals surface area contributed by atoms with E-state index in [0.29, 0.717) is 23.1 Å². The lowest BCUT2D eigenvalue weighted by molar-refractivity contribution is -0.145. The molecule has 0 saturated carbocycles. The Bertz CT molecular complexity index is 561. The van der Waals surface area contributed by atoms with Gasteiger partial charge < -0.3 is 13.7 Å². The van der Waals surface area contributed by atoms with Crippen LogP contribution in [0, 0.1) is 0 Å². The molecule has 0 unspecified atom stereocenters. The second-order valence-electron chi connectivity index (χ2n) is 4.06. The molecule has 6 nitrogen and oxygen atoms in total. The standard InChI is InChI=1S/C10H7NO5S.C4H10/c12-8(13)5-9(14)16-17-10-11-6-3-1-2-4-7(6)15-10;1-3-4-2/h1-4H,5H2,(H,12,13);3-4H2,1-2H3. The average Bonchev–Trinajstić information content (AvgIpc) is 2.87. The Balaban J connectivity index is 0.000000491. The topological polar surface area (TPSA) is 89.6 Å². The van der Waals surface area contributed by atoms with E-state index in [4.69, 9.17) is 9.52 Å². The van der Waals surface area contributed by atoms with Gasteiger partial charge in [0.2, 0.25) is 0 Å². The number of carbonyl (C=O) groups excluding carboxylic acids is 1. The Morgan fingerprint density at radius 3 is 2.52 bits per heavy atom. The van der Waals surface area contributed by atoms with Gasteiger partial charge in [-0.3, -0.25) is 9.59 Å². The Morgan fingerprint density at radius 2 is 1.95 bits per heavy atom. The summed E-state index contributed by atoms with van der Waals surface area (Å²) in [4.78, 5) is 25.2. The quantitative estimate of drug-likeness (QED) is 0.665. The molecule has 0 aliphatic carbocycles. The minimum absolute atomic E-state index is 0.157. The zero-order valence-corrected chi connectivity index (χ0v) is 12.7. The molecule has 0 radical (unpaired) electrons. The van der Waals surface area contributed by atoms with Gasteiger partial charge in [0, 0.05) is 0 Å². The van der Waals surface area contributed by atoms with Crippen molar-refractivity contribution in [3.05, 3.63) is 24.3 Å². The maximum absolute atomic E-state index is 10.9. The molecular weight excluding hydrogens is 294 g/mol. The second-order valence-corrected chi connectivity index (χ2v) is 4.74. The summed E-state index contributed by atoms with van der Waals surface area (Å²) >= 11 is 0.606. The van der Waals surface area contributed by atoms with Gasteiger partial charge in [-0.15, -0.1) is 0 Å². The Hall–Kier alpha value is -2.02. The van der Waals surface area contributed by atoms with E-state index in [1.54, 1.807) is 24.3 Å². The van der Waals surface area contributed by atoms with Crippen molar-refractivity contribution in [3.8, 4) is 0 Å². The van der Waals surface area contributed by atoms with E-state index in [9.17, 15) is 9.59 Å². The molecular formula is C14H17NO5S. The van der Waals surface area contributed by atoms with Gasteiger partial charge in [0.25, 0.3) is 5.22 Å². The van der Waals surface area contributed by atoms with Crippen molar-refractivity contribution in [1.82, 2.24) is 4.98 Å². The zero-order valence-electron chi connectivity index (χ0n) is 11.9. The second kappa shape index (κ2) is 9.02. The van der Waals surface area contributed by atoms with Crippen molar-refractivity contribution in [2.45, 2.75) is 38.3 Å². The molecule has 21 heavy (non-hydrogen) atoms. The van der Waals surface area contributed by atoms with Gasteiger partial charge in [-0.25, -0.2) is 4.98 Å². The first-order valence-electron chi connectivity index (χ1n) is 6.51. The molecule has 1 heterocycles. The summed E-state index contributed by atoms with van der Waals surface area (Å²) < 4.78 is 9.86. The van der Waals surface area contributed by atoms with Crippen LogP contribution in [0.2, 0.25) is 0 Å². The Kier molecular flexibility index (Phi) is 7.31. The SMILES string of the molecule is CCCC.O=C(O)CC(=O)OSc1nc2ccccc2o1. The normalized spacial score (nSPS) is 9.81. The van der Waals surface area contributed by atoms with Gasteiger partial charge in [-0.1, -0.05) is 38.8 Å². The van der Waals surface area contributed by atoms with Crippen LogP contribution in [0.3, 0.4) is 0 Å². The molecule has 7 heteroatoms. The number of para-hydroxylation sites is 2. The minimum Gasteiger partial charge on any atom is -0.481 e. The first kappa shape index (κ1) is 17.0. The number of benzene rings is 1. The lowest BCUT2D eigenvalue weighted by atomic mass is 10.3. The summed E-state index contributed by atoms with van der Waals surface area (Å²) in [7, 11) is 0. The van der Waals surface area contributed by atoms with Gasteiger partial charge in [0.15, 0.2) is 17.6 Å². The smallest absolute Gasteiger partial charge is 0.329 e. The average molecular weight is 311 g/mol. The third kappa shape index (κ3) is 6.31. The van der Waals surface area contributed by atoms with Gasteiger partial charge in [0.05, 0.1) is 0 Å². The lowest BCUT2D eigenvalue weighted by Gasteiger charge is -1.95. The molecule has 0 atom stereocenters. The summed E-state index contributed by atoms with van der Waals surface area (Å²) in [6, 6.07) is 7.07. The number of rotatable bonds is 5. The van der Waals surface area contributed by atoms with Gasteiger partial charge in [-0.05, 0) is 12.1 Å². The maximum Gasteiger partial charge on any atom is 0.329 e. The molecule has 1 aromatic carbocycles. The fourth-order valence-electron chi connectivity index (χ4n) is 1.12. The molecule has 1 N–H and O–H groups in total. The van der Waals surface area contributed by atoms with Crippen LogP contribution in [0.5, 0.6) is 0 Å². The highest BCUT2D eigenvalue weighted by Gasteiger charge is 2.13. The first-order valence-corrected chi connectivity index (χ1v) is 7.25. The molecule has 0 saturated heterocycles. The number of carbonyl (C=O) groups is 2. The van der Waals surface area contributed by atoms with E-state index in [1.807, 2.05) is 0 Å². The van der Waals surface area contributed by atoms with Gasteiger partial charge >= 0.3 is 11.9 Å². The molecule has 0 amide bonds. The van der Waals surface area contributed by atoms with Crippen molar-refractivity contribution in [1.29, 1.82) is 0 Å². The molecule has 0 spiro atoms. The van der Waals surface area contributed by atoms with Crippen molar-refractivity contribution >= 4 is 35.1 Å². The Labute approximate surface area is 126 Å². The maximum atomic E-state index is 10.9. The van der Waals surface area contributed by atoms with E-state index in [0.717, 1.165) is 0 Å². The first-order chi connectivity index (χ1) is 10.1. The van der Waals surface area contributed by atoms with Crippen LogP contribution in [0.25, 0.3) is 11.1 Å². The van der Waals surface area contributed by atoms with Gasteiger partial charge in [0.1, 0.15) is 11.9 Å². The number of unbranched alkanes of at least 4 members (excludes halogenated alkanes) is 1. The van der Waals surface area contributed by atoms with Gasteiger partial charge in [-0.2, -0.15) is 0 Å². The van der Waals surface area contributed by atoms with Crippen LogP contribution >= 0.6 is 12.0 Å². The number of fused-ring (bicyclic) bond motifs is 1. The summed E-state index contributed by atoms with van der Waals surface area (Å²) in [5.41, 5.74) is 1.22. The summed E-state index contributed by atoms with van der Waals surface area (Å²) in [5, 5.41) is 8.50. The highest BCUT2D eigenvalue weighted by Crippen LogP contribution is 2.24. The van der Waals surface area contributed by atoms with Crippen LogP contribution in [0.1, 0.15) is 33.1 Å². The predicted molar refractivity (Wildman–Crippen MR) is 78.8 cm³/mol. The van der Waals surface area contributed by atoms with E-state index < -0.39 is 18.4 Å². The largest absolute Gasteiger partial charge is 0.481 e. The lowest BCUT2D eigenvalue weighted by Crippen LogP contribution is -2.06. The van der Waals surface area contributed by atoms with Crippen molar-refractivity contribution in [2.24, 2.45) is 0 Å². The van der Waals surface area contributed by atoms with Crippen molar-refractivity contribution < 1.29 is 23.3 Å². The third-order valence-corrected chi connectivity index (χ3v) is 2.86.